The predicted octanol–water partition coefficient (Wildman–Crippen LogP) is 12.4. The van der Waals surface area contributed by atoms with E-state index in [4.69, 9.17) is 14.4 Å². The fourth-order valence-electron chi connectivity index (χ4n) is 7.57. The van der Waals surface area contributed by atoms with Crippen molar-refractivity contribution in [2.45, 2.75) is 20.8 Å². The van der Waals surface area contributed by atoms with Crippen molar-refractivity contribution in [1.29, 1.82) is 0 Å². The number of rotatable bonds is 6. The first-order chi connectivity index (χ1) is 25.4. The fourth-order valence-corrected chi connectivity index (χ4v) is 7.57. The van der Waals surface area contributed by atoms with Gasteiger partial charge in [0, 0.05) is 49.3 Å². The minimum absolute atomic E-state index is 0. The van der Waals surface area contributed by atoms with E-state index in [1.807, 2.05) is 60.8 Å². The summed E-state index contributed by atoms with van der Waals surface area (Å²) in [5.74, 6) is 0.908. The van der Waals surface area contributed by atoms with E-state index in [9.17, 15) is 5.11 Å². The van der Waals surface area contributed by atoms with Crippen LogP contribution in [-0.2, 0) is 21.1 Å². The third kappa shape index (κ3) is 6.07. The van der Waals surface area contributed by atoms with Gasteiger partial charge in [-0.2, -0.15) is 0 Å². The van der Waals surface area contributed by atoms with Gasteiger partial charge in [0.2, 0.25) is 0 Å². The number of aryl methyl sites for hydroxylation is 3. The molecule has 0 atom stereocenters. The maximum Gasteiger partial charge on any atom is 0.136 e. The quantitative estimate of drug-likeness (QED) is 0.169. The Bertz CT molecular complexity index is 2780. The van der Waals surface area contributed by atoms with Crippen molar-refractivity contribution in [2.75, 3.05) is 4.90 Å². The number of fused-ring (bicyclic) bond motifs is 4. The van der Waals surface area contributed by atoms with Gasteiger partial charge in [-0.05, 0) is 96.6 Å². The van der Waals surface area contributed by atoms with E-state index >= 15 is 0 Å². The molecule has 6 heteroatoms. The van der Waals surface area contributed by atoms with Crippen LogP contribution in [0.3, 0.4) is 0 Å². The van der Waals surface area contributed by atoms with Gasteiger partial charge in [0.05, 0.1) is 17.0 Å². The van der Waals surface area contributed by atoms with Gasteiger partial charge in [0.15, 0.2) is 0 Å². The average Bonchev–Trinajstić information content (AvgIpc) is 3.54. The average molecular weight is 868 g/mol. The molecule has 0 unspecified atom stereocenters. The number of nitrogens with zero attached hydrogens (tertiary/aromatic N) is 3. The van der Waals surface area contributed by atoms with Gasteiger partial charge in [-0.15, -0.1) is 17.7 Å². The summed E-state index contributed by atoms with van der Waals surface area (Å²) >= 11 is 0. The summed E-state index contributed by atoms with van der Waals surface area (Å²) in [6, 6.07) is 50.7. The fraction of sp³-hybridized carbons (Fsp3) is 0.0638. The number of furan rings is 1. The monoisotopic (exact) mass is 867 g/mol. The van der Waals surface area contributed by atoms with Crippen LogP contribution in [0.1, 0.15) is 16.7 Å². The van der Waals surface area contributed by atoms with Crippen LogP contribution in [0.2, 0.25) is 0 Å². The van der Waals surface area contributed by atoms with Crippen LogP contribution in [0.15, 0.2) is 150 Å². The number of para-hydroxylation sites is 2. The minimum Gasteiger partial charge on any atom is -0.507 e. The molecule has 0 aliphatic rings. The van der Waals surface area contributed by atoms with E-state index in [0.29, 0.717) is 16.8 Å². The normalized spacial score (nSPS) is 11.2. The van der Waals surface area contributed by atoms with E-state index in [-0.39, 0.29) is 26.8 Å². The molecule has 1 N–H and O–H groups in total. The molecule has 0 radical (unpaired) electrons. The summed E-state index contributed by atoms with van der Waals surface area (Å²) in [5.41, 5.74) is 11.7. The number of aromatic hydroxyl groups is 1. The number of hydrogen-bond donors (Lipinski definition) is 1. The number of anilines is 3. The van der Waals surface area contributed by atoms with E-state index in [1.54, 1.807) is 6.07 Å². The maximum absolute atomic E-state index is 11.0. The molecule has 3 aromatic heterocycles. The van der Waals surface area contributed by atoms with Gasteiger partial charge < -0.3 is 14.4 Å². The second kappa shape index (κ2) is 13.8. The van der Waals surface area contributed by atoms with Gasteiger partial charge in [-0.3, -0.25) is 4.98 Å². The zero-order valence-corrected chi connectivity index (χ0v) is 31.6. The van der Waals surface area contributed by atoms with Crippen molar-refractivity contribution in [3.63, 3.8) is 0 Å². The van der Waals surface area contributed by atoms with E-state index in [0.717, 1.165) is 66.7 Å². The second-order valence-electron chi connectivity index (χ2n) is 13.3. The van der Waals surface area contributed by atoms with Crippen molar-refractivity contribution in [3.05, 3.63) is 168 Å². The Labute approximate surface area is 322 Å². The number of phenols is 1. The van der Waals surface area contributed by atoms with Crippen LogP contribution in [0, 0.1) is 26.8 Å². The summed E-state index contributed by atoms with van der Waals surface area (Å²) in [4.78, 5) is 12.3. The first-order valence-corrected chi connectivity index (χ1v) is 17.4. The molecule has 0 saturated heterocycles. The summed E-state index contributed by atoms with van der Waals surface area (Å²) in [7, 11) is 0. The first-order valence-electron chi connectivity index (χ1n) is 17.4. The van der Waals surface area contributed by atoms with Crippen molar-refractivity contribution in [2.24, 2.45) is 0 Å². The third-order valence-electron chi connectivity index (χ3n) is 9.75. The molecule has 0 fully saturated rings. The largest absolute Gasteiger partial charge is 0.507 e. The SMILES string of the molecule is Cc1cc(C)c(-c2cc(-c3[c-]c(N(c4ccccn4)c4cccc5ccccc45)c4oc5ccccc5c4c3)nc(-c3ccccc3O)c2)c(C)c1.[Pt]. The number of pyridine rings is 2. The minimum atomic E-state index is 0. The molecule has 0 bridgehead atoms. The van der Waals surface area contributed by atoms with Crippen LogP contribution >= 0.6 is 0 Å². The molecule has 5 nitrogen and oxygen atoms in total. The molecule has 0 aliphatic heterocycles. The van der Waals surface area contributed by atoms with Crippen molar-refractivity contribution < 1.29 is 30.6 Å². The van der Waals surface area contributed by atoms with E-state index in [1.165, 1.54) is 16.7 Å². The molecule has 9 aromatic rings. The molecule has 6 aromatic carbocycles. The second-order valence-corrected chi connectivity index (χ2v) is 13.3. The molecular weight excluding hydrogens is 834 g/mol. The molecule has 260 valence electrons. The molecule has 53 heavy (non-hydrogen) atoms. The Morgan fingerprint density at radius 3 is 2.15 bits per heavy atom. The van der Waals surface area contributed by atoms with Crippen LogP contribution in [-0.4, -0.2) is 15.1 Å². The van der Waals surface area contributed by atoms with Crippen LogP contribution < -0.4 is 4.90 Å². The standard InChI is InChI=1S/C47H34N3O2.Pt/c1-29-23-30(2)46(31(3)24-29)34-26-39(49-40(27-34)37-17-6-8-19-43(37)51)33-25-38-36-16-7-9-20-44(36)52-47(38)42(28-33)50(45-21-10-11-22-48-45)41-18-12-14-32-13-4-5-15-35(32)41;/h4-27,51H,1-3H3;/q-1;. The van der Waals surface area contributed by atoms with Gasteiger partial charge in [0.25, 0.3) is 0 Å². The van der Waals surface area contributed by atoms with Gasteiger partial charge >= 0.3 is 0 Å². The van der Waals surface area contributed by atoms with Crippen LogP contribution in [0.25, 0.3) is 66.4 Å². The summed E-state index contributed by atoms with van der Waals surface area (Å²) in [6.07, 6.45) is 1.81. The third-order valence-corrected chi connectivity index (χ3v) is 9.75. The molecular formula is C47H34N3O2Pt-. The zero-order valence-electron chi connectivity index (χ0n) is 29.4. The van der Waals surface area contributed by atoms with Crippen LogP contribution in [0.4, 0.5) is 17.2 Å². The van der Waals surface area contributed by atoms with Crippen LogP contribution in [0.5, 0.6) is 5.75 Å². The topological polar surface area (TPSA) is 62.4 Å². The van der Waals surface area contributed by atoms with Crippen molar-refractivity contribution >= 4 is 49.9 Å². The van der Waals surface area contributed by atoms with E-state index < -0.39 is 0 Å². The number of hydrogen-bond acceptors (Lipinski definition) is 5. The number of benzene rings is 6. The summed E-state index contributed by atoms with van der Waals surface area (Å²) in [5, 5.41) is 15.2. The molecule has 0 aliphatic carbocycles. The predicted molar refractivity (Wildman–Crippen MR) is 213 cm³/mol. The van der Waals surface area contributed by atoms with Crippen molar-refractivity contribution in [1.82, 2.24) is 9.97 Å². The Kier molecular flexibility index (Phi) is 8.90. The van der Waals surface area contributed by atoms with Gasteiger partial charge in [-0.25, -0.2) is 4.98 Å². The zero-order chi connectivity index (χ0) is 35.3. The summed E-state index contributed by atoms with van der Waals surface area (Å²) in [6.45, 7) is 6.43. The van der Waals surface area contributed by atoms with Gasteiger partial charge in [-0.1, -0.05) is 102 Å². The number of aromatic nitrogens is 2. The number of phenolic OH excluding ortho intramolecular Hbond substituents is 1. The molecule has 3 heterocycles. The molecule has 0 spiro atoms. The molecule has 0 amide bonds. The van der Waals surface area contributed by atoms with Gasteiger partial charge in [0.1, 0.15) is 17.2 Å². The van der Waals surface area contributed by atoms with Crippen molar-refractivity contribution in [3.8, 4) is 39.4 Å². The Morgan fingerprint density at radius 2 is 1.36 bits per heavy atom. The first kappa shape index (κ1) is 34.1. The summed E-state index contributed by atoms with van der Waals surface area (Å²) < 4.78 is 6.70. The Hall–Kier alpha value is -6.03. The van der Waals surface area contributed by atoms with E-state index in [2.05, 4.69) is 111 Å². The molecule has 9 rings (SSSR count). The Balaban J connectivity index is 0.00000400. The smallest absolute Gasteiger partial charge is 0.136 e. The molecule has 0 saturated carbocycles. The maximum atomic E-state index is 11.0. The Morgan fingerprint density at radius 1 is 0.660 bits per heavy atom.